The second-order valence-corrected chi connectivity index (χ2v) is 13.4. The zero-order valence-corrected chi connectivity index (χ0v) is 28.6. The Morgan fingerprint density at radius 3 is 2.59 bits per heavy atom. The van der Waals surface area contributed by atoms with Crippen LogP contribution in [0.1, 0.15) is 17.5 Å². The Hall–Kier alpha value is -5.16. The number of piperazine rings is 1. The number of hydrazone groups is 1. The highest BCUT2D eigenvalue weighted by atomic mass is 16.5. The summed E-state index contributed by atoms with van der Waals surface area (Å²) in [6.07, 6.45) is 12.1. The monoisotopic (exact) mass is 692 g/mol. The summed E-state index contributed by atoms with van der Waals surface area (Å²) in [5.74, 6) is 2.24. The van der Waals surface area contributed by atoms with Crippen LogP contribution in [0, 0.1) is 12.3 Å². The van der Waals surface area contributed by atoms with Gasteiger partial charge in [0.2, 0.25) is 11.8 Å². The normalized spacial score (nSPS) is 23.8. The number of fused-ring (bicyclic) bond motifs is 2. The fraction of sp³-hybridized carbons (Fsp3) is 0.421. The molecule has 51 heavy (non-hydrogen) atoms. The van der Waals surface area contributed by atoms with E-state index in [9.17, 15) is 19.5 Å². The molecular weight excluding hydrogens is 648 g/mol. The number of rotatable bonds is 10. The van der Waals surface area contributed by atoms with Crippen LogP contribution >= 0.6 is 0 Å². The zero-order chi connectivity index (χ0) is 35.3. The molecule has 1 aliphatic carbocycles. The molecule has 1 unspecified atom stereocenters. The maximum atomic E-state index is 14.5. The van der Waals surface area contributed by atoms with Crippen molar-refractivity contribution in [1.82, 2.24) is 35.0 Å². The molecule has 3 atom stereocenters. The Bertz CT molecular complexity index is 1730. The molecule has 4 amide bonds. The van der Waals surface area contributed by atoms with Crippen molar-refractivity contribution < 1.29 is 24.2 Å². The number of phenolic OH excluding ortho intramolecular Hbond substituents is 1. The molecule has 2 aromatic rings. The molecule has 13 heteroatoms. The fourth-order valence-electron chi connectivity index (χ4n) is 7.55. The van der Waals surface area contributed by atoms with Crippen LogP contribution < -0.4 is 5.32 Å². The van der Waals surface area contributed by atoms with Gasteiger partial charge >= 0.3 is 6.03 Å². The maximum absolute atomic E-state index is 14.5. The second-order valence-electron chi connectivity index (χ2n) is 13.4. The van der Waals surface area contributed by atoms with E-state index in [1.54, 1.807) is 39.1 Å². The predicted octanol–water partition coefficient (Wildman–Crippen LogP) is 1.63. The number of urea groups is 1. The van der Waals surface area contributed by atoms with Crippen molar-refractivity contribution in [3.05, 3.63) is 89.0 Å². The first-order chi connectivity index (χ1) is 24.9. The van der Waals surface area contributed by atoms with E-state index in [1.165, 1.54) is 5.01 Å². The Morgan fingerprint density at radius 1 is 1.04 bits per heavy atom. The molecule has 0 bridgehead atoms. The van der Waals surface area contributed by atoms with Gasteiger partial charge in [-0.1, -0.05) is 60.5 Å². The standard InChI is InChI=1S/C38H44N8O5/c1-2-15-43-27-36(48)45-34(22-28-11-13-31(47)14-12-28)37(49)42(26-35(45)46(43)38(50)39-23-29-7-4-3-5-8-29)25-30-9-6-10-33-32(30)24-40-44(33)17-16-41-18-20-51-21-19-41/h1,3-8,10-14,24,33-35,47H,9,15-23,25-27H2,(H,39,50)/t33?,34-,35-/m0/s1. The van der Waals surface area contributed by atoms with E-state index in [4.69, 9.17) is 16.3 Å². The third-order valence-corrected chi connectivity index (χ3v) is 10.2. The average molecular weight is 693 g/mol. The topological polar surface area (TPSA) is 124 Å². The van der Waals surface area contributed by atoms with Crippen LogP contribution in [0.4, 0.5) is 4.79 Å². The number of nitrogens with one attached hydrogen (secondary N) is 1. The number of benzene rings is 2. The number of ether oxygens (including phenoxy) is 1. The first-order valence-electron chi connectivity index (χ1n) is 17.6. The van der Waals surface area contributed by atoms with Gasteiger partial charge < -0.3 is 25.0 Å². The molecule has 2 aromatic carbocycles. The highest BCUT2D eigenvalue weighted by molar-refractivity contribution is 5.92. The lowest BCUT2D eigenvalue weighted by Gasteiger charge is -2.55. The fourth-order valence-corrected chi connectivity index (χ4v) is 7.55. The van der Waals surface area contributed by atoms with Gasteiger partial charge in [-0.15, -0.1) is 6.42 Å². The van der Waals surface area contributed by atoms with Gasteiger partial charge in [-0.05, 0) is 35.3 Å². The highest BCUT2D eigenvalue weighted by Gasteiger charge is 2.51. The van der Waals surface area contributed by atoms with Crippen molar-refractivity contribution in [3.8, 4) is 18.1 Å². The van der Waals surface area contributed by atoms with Gasteiger partial charge in [0.25, 0.3) is 0 Å². The average Bonchev–Trinajstić information content (AvgIpc) is 3.57. The number of carbonyl (C=O) groups excluding carboxylic acids is 3. The number of hydrogen-bond acceptors (Lipinski definition) is 9. The van der Waals surface area contributed by atoms with Gasteiger partial charge in [-0.3, -0.25) is 19.5 Å². The zero-order valence-electron chi connectivity index (χ0n) is 28.6. The first kappa shape index (κ1) is 34.3. The van der Waals surface area contributed by atoms with E-state index in [2.05, 4.69) is 33.3 Å². The van der Waals surface area contributed by atoms with Crippen LogP contribution in [-0.2, 0) is 27.3 Å². The molecule has 0 spiro atoms. The number of morpholine rings is 1. The molecule has 0 radical (unpaired) electrons. The molecule has 5 aliphatic rings. The molecule has 2 N–H and O–H groups in total. The van der Waals surface area contributed by atoms with Crippen molar-refractivity contribution in [2.24, 2.45) is 5.10 Å². The molecule has 4 aliphatic heterocycles. The van der Waals surface area contributed by atoms with Crippen LogP contribution in [0.2, 0.25) is 0 Å². The summed E-state index contributed by atoms with van der Waals surface area (Å²) in [5, 5.41) is 22.9. The lowest BCUT2D eigenvalue weighted by atomic mass is 9.92. The Labute approximate surface area is 298 Å². The first-order valence-corrected chi connectivity index (χ1v) is 17.6. The van der Waals surface area contributed by atoms with Crippen molar-refractivity contribution in [1.29, 1.82) is 0 Å². The van der Waals surface area contributed by atoms with E-state index in [0.717, 1.165) is 61.7 Å². The molecule has 3 saturated heterocycles. The summed E-state index contributed by atoms with van der Waals surface area (Å²) in [4.78, 5) is 48.2. The summed E-state index contributed by atoms with van der Waals surface area (Å²) in [5.41, 5.74) is 3.87. The number of amides is 4. The van der Waals surface area contributed by atoms with Gasteiger partial charge in [0.15, 0.2) is 0 Å². The Morgan fingerprint density at radius 2 is 1.82 bits per heavy atom. The molecule has 13 nitrogen and oxygen atoms in total. The largest absolute Gasteiger partial charge is 0.508 e. The quantitative estimate of drug-likeness (QED) is 0.285. The van der Waals surface area contributed by atoms with E-state index in [1.807, 2.05) is 36.5 Å². The molecule has 0 saturated carbocycles. The maximum Gasteiger partial charge on any atom is 0.334 e. The minimum absolute atomic E-state index is 0.0124. The number of phenols is 1. The Balaban J connectivity index is 1.16. The van der Waals surface area contributed by atoms with Crippen LogP contribution in [0.5, 0.6) is 5.75 Å². The minimum Gasteiger partial charge on any atom is -0.508 e. The third kappa shape index (κ3) is 7.49. The smallest absolute Gasteiger partial charge is 0.334 e. The number of hydrogen-bond donors (Lipinski definition) is 2. The molecule has 266 valence electrons. The van der Waals surface area contributed by atoms with Crippen molar-refractivity contribution >= 4 is 24.1 Å². The SMILES string of the molecule is C#CCN1CC(=O)N2[C@@H](Cc3ccc(O)cc3)C(=O)N(CC3=C4C=NN(CCN5CCOCC5)C4C=CC3)C[C@@H]2N1C(=O)NCc1ccccc1. The third-order valence-electron chi connectivity index (χ3n) is 10.2. The number of terminal acetylenes is 1. The number of hydrazine groups is 1. The van der Waals surface area contributed by atoms with Gasteiger partial charge in [-0.2, -0.15) is 10.1 Å². The van der Waals surface area contributed by atoms with E-state index >= 15 is 0 Å². The summed E-state index contributed by atoms with van der Waals surface area (Å²) in [6, 6.07) is 14.9. The van der Waals surface area contributed by atoms with Gasteiger partial charge in [0.1, 0.15) is 18.0 Å². The number of aromatic hydroxyl groups is 1. The predicted molar refractivity (Wildman–Crippen MR) is 191 cm³/mol. The van der Waals surface area contributed by atoms with Gasteiger partial charge in [0.05, 0.1) is 45.1 Å². The lowest BCUT2D eigenvalue weighted by Crippen LogP contribution is -2.76. The minimum atomic E-state index is -0.874. The summed E-state index contributed by atoms with van der Waals surface area (Å²) < 4.78 is 5.50. The van der Waals surface area contributed by atoms with E-state index in [0.29, 0.717) is 13.0 Å². The summed E-state index contributed by atoms with van der Waals surface area (Å²) in [6.45, 7) is 5.61. The Kier molecular flexibility index (Phi) is 10.3. The van der Waals surface area contributed by atoms with Crippen LogP contribution in [0.25, 0.3) is 0 Å². The summed E-state index contributed by atoms with van der Waals surface area (Å²) in [7, 11) is 0. The lowest BCUT2D eigenvalue weighted by molar-refractivity contribution is -0.188. The summed E-state index contributed by atoms with van der Waals surface area (Å²) >= 11 is 0. The molecule has 0 aromatic heterocycles. The van der Waals surface area contributed by atoms with Crippen LogP contribution in [-0.4, -0.2) is 143 Å². The second kappa shape index (κ2) is 15.4. The van der Waals surface area contributed by atoms with Gasteiger partial charge in [-0.25, -0.2) is 9.80 Å². The number of allylic oxidation sites excluding steroid dienone is 1. The molecule has 7 rings (SSSR count). The van der Waals surface area contributed by atoms with Crippen molar-refractivity contribution in [2.45, 2.75) is 37.6 Å². The highest BCUT2D eigenvalue weighted by Crippen LogP contribution is 2.32. The van der Waals surface area contributed by atoms with Gasteiger partial charge in [0, 0.05) is 51.3 Å². The van der Waals surface area contributed by atoms with Crippen molar-refractivity contribution in [3.63, 3.8) is 0 Å². The van der Waals surface area contributed by atoms with E-state index < -0.39 is 18.2 Å². The molecule has 4 heterocycles. The molecular formula is C38H44N8O5. The number of carbonyl (C=O) groups is 3. The molecule has 3 fully saturated rings. The van der Waals surface area contributed by atoms with Crippen molar-refractivity contribution in [2.75, 3.05) is 65.6 Å². The number of nitrogens with zero attached hydrogens (tertiary/aromatic N) is 7. The van der Waals surface area contributed by atoms with Crippen LogP contribution in [0.3, 0.4) is 0 Å². The van der Waals surface area contributed by atoms with Crippen LogP contribution in [0.15, 0.2) is 83.0 Å². The van der Waals surface area contributed by atoms with E-state index in [-0.39, 0.29) is 56.2 Å².